The molecule has 0 unspecified atom stereocenters. The van der Waals surface area contributed by atoms with E-state index in [2.05, 4.69) is 30.3 Å². The van der Waals surface area contributed by atoms with Gasteiger partial charge in [0.2, 0.25) is 17.8 Å². The molecule has 2 aliphatic rings. The van der Waals surface area contributed by atoms with Crippen molar-refractivity contribution in [3.8, 4) is 17.1 Å². The van der Waals surface area contributed by atoms with Crippen LogP contribution in [0.5, 0.6) is 5.75 Å². The van der Waals surface area contributed by atoms with E-state index < -0.39 is 0 Å². The van der Waals surface area contributed by atoms with Crippen LogP contribution in [0.4, 0.5) is 17.8 Å². The van der Waals surface area contributed by atoms with Crippen molar-refractivity contribution < 1.29 is 18.6 Å². The fourth-order valence-electron chi connectivity index (χ4n) is 3.76. The number of hydrazone groups is 1. The maximum absolute atomic E-state index is 6.23. The van der Waals surface area contributed by atoms with Gasteiger partial charge < -0.3 is 28.4 Å². The van der Waals surface area contributed by atoms with Crippen molar-refractivity contribution >= 4 is 35.7 Å². The molecule has 2 saturated heterocycles. The van der Waals surface area contributed by atoms with Crippen molar-refractivity contribution in [2.45, 2.75) is 0 Å². The number of aromatic nitrogens is 3. The van der Waals surface area contributed by atoms with Crippen molar-refractivity contribution in [3.05, 3.63) is 41.1 Å². The predicted molar refractivity (Wildman–Crippen MR) is 133 cm³/mol. The molecule has 3 aromatic rings. The third-order valence-corrected chi connectivity index (χ3v) is 5.91. The normalized spacial score (nSPS) is 16.6. The van der Waals surface area contributed by atoms with Crippen LogP contribution in [0.15, 0.2) is 39.9 Å². The third kappa shape index (κ3) is 5.64. The number of halogens is 1. The lowest BCUT2D eigenvalue weighted by atomic mass is 10.2. The Morgan fingerprint density at radius 3 is 2.20 bits per heavy atom. The average Bonchev–Trinajstić information content (AvgIpc) is 3.38. The summed E-state index contributed by atoms with van der Waals surface area (Å²) in [4.78, 5) is 18.0. The number of hydrogen-bond acceptors (Lipinski definition) is 11. The van der Waals surface area contributed by atoms with Crippen LogP contribution in [0.1, 0.15) is 5.76 Å². The number of nitrogens with one attached hydrogen (secondary N) is 1. The standard InChI is InChI=1S/C23H26ClN7O4/c1-32-20-4-2-16(14-18(20)24)19-5-3-17(35-19)15-25-29-21-26-22(30-6-10-33-11-7-30)28-23(27-21)31-8-12-34-13-9-31/h2-5,14-15H,6-13H2,1H3,(H,26,27,28,29)/b25-15-. The minimum absolute atomic E-state index is 0.355. The van der Waals surface area contributed by atoms with Gasteiger partial charge >= 0.3 is 0 Å². The van der Waals surface area contributed by atoms with Gasteiger partial charge in [-0.1, -0.05) is 11.6 Å². The molecule has 12 heteroatoms. The molecule has 0 spiro atoms. The minimum Gasteiger partial charge on any atom is -0.495 e. The summed E-state index contributed by atoms with van der Waals surface area (Å²) in [5.41, 5.74) is 3.76. The Morgan fingerprint density at radius 1 is 0.943 bits per heavy atom. The molecule has 1 N–H and O–H groups in total. The summed E-state index contributed by atoms with van der Waals surface area (Å²) in [6, 6.07) is 9.16. The maximum Gasteiger partial charge on any atom is 0.250 e. The summed E-state index contributed by atoms with van der Waals surface area (Å²) in [5, 5.41) is 4.80. The molecular formula is C23H26ClN7O4. The number of benzene rings is 1. The second-order valence-corrected chi connectivity index (χ2v) is 8.29. The summed E-state index contributed by atoms with van der Waals surface area (Å²) >= 11 is 6.23. The fraction of sp³-hybridized carbons (Fsp3) is 0.391. The molecule has 0 aliphatic carbocycles. The van der Waals surface area contributed by atoms with Crippen molar-refractivity contribution in [3.63, 3.8) is 0 Å². The Balaban J connectivity index is 1.32. The predicted octanol–water partition coefficient (Wildman–Crippen LogP) is 2.91. The van der Waals surface area contributed by atoms with Gasteiger partial charge in [0.1, 0.15) is 17.3 Å². The van der Waals surface area contributed by atoms with Crippen LogP contribution in [-0.4, -0.2) is 80.9 Å². The minimum atomic E-state index is 0.355. The maximum atomic E-state index is 6.23. The number of methoxy groups -OCH3 is 1. The van der Waals surface area contributed by atoms with Crippen molar-refractivity contribution in [1.29, 1.82) is 0 Å². The van der Waals surface area contributed by atoms with Gasteiger partial charge in [0.05, 0.1) is 44.8 Å². The van der Waals surface area contributed by atoms with E-state index in [0.717, 1.165) is 31.7 Å². The first kappa shape index (κ1) is 23.3. The van der Waals surface area contributed by atoms with Gasteiger partial charge in [-0.3, -0.25) is 0 Å². The summed E-state index contributed by atoms with van der Waals surface area (Å²) in [6.07, 6.45) is 1.57. The quantitative estimate of drug-likeness (QED) is 0.384. The van der Waals surface area contributed by atoms with Gasteiger partial charge in [0.15, 0.2) is 0 Å². The van der Waals surface area contributed by atoms with Gasteiger partial charge in [-0.2, -0.15) is 20.1 Å². The Bertz CT molecular complexity index is 1140. The van der Waals surface area contributed by atoms with Crippen molar-refractivity contribution in [2.24, 2.45) is 5.10 Å². The summed E-state index contributed by atoms with van der Waals surface area (Å²) in [5.74, 6) is 3.39. The van der Waals surface area contributed by atoms with Crippen molar-refractivity contribution in [2.75, 3.05) is 74.9 Å². The zero-order valence-electron chi connectivity index (χ0n) is 19.3. The first-order chi connectivity index (χ1) is 17.2. The highest BCUT2D eigenvalue weighted by molar-refractivity contribution is 6.32. The molecule has 0 radical (unpaired) electrons. The molecule has 0 saturated carbocycles. The Morgan fingerprint density at radius 2 is 1.60 bits per heavy atom. The van der Waals surface area contributed by atoms with Gasteiger partial charge in [-0.25, -0.2) is 5.43 Å². The molecule has 35 heavy (non-hydrogen) atoms. The zero-order valence-corrected chi connectivity index (χ0v) is 20.1. The molecule has 2 aliphatic heterocycles. The van der Waals surface area contributed by atoms with Crippen molar-refractivity contribution in [1.82, 2.24) is 15.0 Å². The first-order valence-corrected chi connectivity index (χ1v) is 11.7. The number of furan rings is 1. The van der Waals surface area contributed by atoms with E-state index in [0.29, 0.717) is 66.6 Å². The van der Waals surface area contributed by atoms with Crippen LogP contribution < -0.4 is 20.0 Å². The molecule has 2 fully saturated rings. The average molecular weight is 500 g/mol. The van der Waals surface area contributed by atoms with E-state index in [1.807, 2.05) is 18.2 Å². The molecule has 4 heterocycles. The second kappa shape index (κ2) is 10.9. The highest BCUT2D eigenvalue weighted by Crippen LogP contribution is 2.31. The third-order valence-electron chi connectivity index (χ3n) is 5.62. The van der Waals surface area contributed by atoms with E-state index in [-0.39, 0.29) is 0 Å². The summed E-state index contributed by atoms with van der Waals surface area (Å²) in [6.45, 7) is 5.44. The van der Waals surface area contributed by atoms with Gasteiger partial charge in [0, 0.05) is 31.7 Å². The fourth-order valence-corrected chi connectivity index (χ4v) is 4.02. The van der Waals surface area contributed by atoms with Crippen LogP contribution in [0.2, 0.25) is 5.02 Å². The SMILES string of the molecule is COc1ccc(-c2ccc(/C=N\Nc3nc(N4CCOCC4)nc(N4CCOCC4)n3)o2)cc1Cl. The molecule has 184 valence electrons. The summed E-state index contributed by atoms with van der Waals surface area (Å²) in [7, 11) is 1.58. The van der Waals surface area contributed by atoms with E-state index in [1.54, 1.807) is 25.5 Å². The molecule has 5 rings (SSSR count). The largest absolute Gasteiger partial charge is 0.495 e. The number of hydrogen-bond donors (Lipinski definition) is 1. The van der Waals surface area contributed by atoms with Gasteiger partial charge in [-0.15, -0.1) is 0 Å². The van der Waals surface area contributed by atoms with Crippen LogP contribution in [-0.2, 0) is 9.47 Å². The van der Waals surface area contributed by atoms with Crippen LogP contribution in [0, 0.1) is 0 Å². The summed E-state index contributed by atoms with van der Waals surface area (Å²) < 4.78 is 22.0. The van der Waals surface area contributed by atoms with Crippen LogP contribution in [0.25, 0.3) is 11.3 Å². The lowest BCUT2D eigenvalue weighted by molar-refractivity contribution is 0.121. The second-order valence-electron chi connectivity index (χ2n) is 7.88. The van der Waals surface area contributed by atoms with Crippen LogP contribution in [0.3, 0.4) is 0 Å². The molecule has 0 bridgehead atoms. The number of nitrogens with zero attached hydrogens (tertiary/aromatic N) is 6. The number of rotatable bonds is 7. The number of morpholine rings is 2. The molecule has 0 amide bonds. The molecular weight excluding hydrogens is 474 g/mol. The van der Waals surface area contributed by atoms with E-state index >= 15 is 0 Å². The monoisotopic (exact) mass is 499 g/mol. The topological polar surface area (TPSA) is 110 Å². The first-order valence-electron chi connectivity index (χ1n) is 11.3. The molecule has 1 aromatic carbocycles. The molecule has 0 atom stereocenters. The van der Waals surface area contributed by atoms with Crippen LogP contribution >= 0.6 is 11.6 Å². The van der Waals surface area contributed by atoms with E-state index in [1.165, 1.54) is 0 Å². The Kier molecular flexibility index (Phi) is 7.26. The highest BCUT2D eigenvalue weighted by atomic mass is 35.5. The zero-order chi connectivity index (χ0) is 24.0. The number of anilines is 3. The highest BCUT2D eigenvalue weighted by Gasteiger charge is 2.20. The smallest absolute Gasteiger partial charge is 0.250 e. The van der Waals surface area contributed by atoms with E-state index in [9.17, 15) is 0 Å². The lowest BCUT2D eigenvalue weighted by Crippen LogP contribution is -2.40. The Labute approximate surface area is 207 Å². The number of ether oxygens (including phenoxy) is 3. The lowest BCUT2D eigenvalue weighted by Gasteiger charge is -2.30. The molecule has 2 aromatic heterocycles. The molecule has 11 nitrogen and oxygen atoms in total. The Hall–Kier alpha value is -3.41. The van der Waals surface area contributed by atoms with Gasteiger partial charge in [0.25, 0.3) is 0 Å². The van der Waals surface area contributed by atoms with Gasteiger partial charge in [-0.05, 0) is 30.3 Å². The van der Waals surface area contributed by atoms with E-state index in [4.69, 9.17) is 35.2 Å².